The molecule has 0 radical (unpaired) electrons. The van der Waals surface area contributed by atoms with Crippen molar-refractivity contribution in [2.24, 2.45) is 0 Å². The van der Waals surface area contributed by atoms with Gasteiger partial charge in [0.1, 0.15) is 5.75 Å². The van der Waals surface area contributed by atoms with E-state index in [1.165, 1.54) is 6.08 Å². The van der Waals surface area contributed by atoms with Crippen molar-refractivity contribution in [3.05, 3.63) is 64.7 Å². The third-order valence-electron chi connectivity index (χ3n) is 2.96. The lowest BCUT2D eigenvalue weighted by molar-refractivity contribution is -0.111. The van der Waals surface area contributed by atoms with E-state index in [1.54, 1.807) is 19.3 Å². The number of hydrogen-bond acceptors (Lipinski definition) is 2. The Morgan fingerprint density at radius 1 is 1.24 bits per heavy atom. The predicted octanol–water partition coefficient (Wildman–Crippen LogP) is 4.31. The van der Waals surface area contributed by atoms with Gasteiger partial charge in [0, 0.05) is 16.8 Å². The highest BCUT2D eigenvalue weighted by Crippen LogP contribution is 2.20. The van der Waals surface area contributed by atoms with Gasteiger partial charge in [-0.05, 0) is 48.4 Å². The first-order chi connectivity index (χ1) is 10.1. The van der Waals surface area contributed by atoms with Crippen molar-refractivity contribution in [3.63, 3.8) is 0 Å². The zero-order valence-corrected chi connectivity index (χ0v) is 12.6. The first-order valence-corrected chi connectivity index (χ1v) is 6.85. The number of methoxy groups -OCH3 is 1. The van der Waals surface area contributed by atoms with E-state index in [2.05, 4.69) is 5.32 Å². The second kappa shape index (κ2) is 6.95. The summed E-state index contributed by atoms with van der Waals surface area (Å²) < 4.78 is 5.13. The van der Waals surface area contributed by atoms with Gasteiger partial charge in [0.05, 0.1) is 7.11 Å². The minimum atomic E-state index is -0.210. The van der Waals surface area contributed by atoms with Gasteiger partial charge in [-0.3, -0.25) is 4.79 Å². The molecule has 21 heavy (non-hydrogen) atoms. The predicted molar refractivity (Wildman–Crippen MR) is 86.8 cm³/mol. The third-order valence-corrected chi connectivity index (χ3v) is 3.37. The van der Waals surface area contributed by atoms with Gasteiger partial charge in [-0.1, -0.05) is 29.8 Å². The normalized spacial score (nSPS) is 10.6. The van der Waals surface area contributed by atoms with Crippen molar-refractivity contribution in [3.8, 4) is 5.75 Å². The summed E-state index contributed by atoms with van der Waals surface area (Å²) in [6, 6.07) is 12.9. The number of halogens is 1. The van der Waals surface area contributed by atoms with E-state index in [1.807, 2.05) is 43.3 Å². The zero-order chi connectivity index (χ0) is 15.2. The summed E-state index contributed by atoms with van der Waals surface area (Å²) in [7, 11) is 1.61. The molecule has 1 N–H and O–H groups in total. The van der Waals surface area contributed by atoms with Gasteiger partial charge in [-0.25, -0.2) is 0 Å². The molecule has 0 atom stereocenters. The van der Waals surface area contributed by atoms with Crippen LogP contribution in [-0.4, -0.2) is 13.0 Å². The van der Waals surface area contributed by atoms with E-state index < -0.39 is 0 Å². The molecule has 0 saturated heterocycles. The van der Waals surface area contributed by atoms with E-state index in [0.717, 1.165) is 16.9 Å². The van der Waals surface area contributed by atoms with Crippen LogP contribution in [0.4, 0.5) is 5.69 Å². The number of carbonyl (C=O) groups excluding carboxylic acids is 1. The maximum absolute atomic E-state index is 11.9. The Hall–Kier alpha value is -2.26. The average Bonchev–Trinajstić information content (AvgIpc) is 2.49. The maximum Gasteiger partial charge on any atom is 0.248 e. The molecule has 2 aromatic rings. The monoisotopic (exact) mass is 301 g/mol. The molecule has 0 bridgehead atoms. The Kier molecular flexibility index (Phi) is 5.01. The Balaban J connectivity index is 2.03. The molecular formula is C17H16ClNO2. The molecule has 0 spiro atoms. The molecule has 3 nitrogen and oxygen atoms in total. The van der Waals surface area contributed by atoms with Gasteiger partial charge in [-0.2, -0.15) is 0 Å². The highest BCUT2D eigenvalue weighted by molar-refractivity contribution is 6.31. The summed E-state index contributed by atoms with van der Waals surface area (Å²) in [5.74, 6) is 0.542. The van der Waals surface area contributed by atoms with E-state index in [4.69, 9.17) is 16.3 Å². The lowest BCUT2D eigenvalue weighted by Gasteiger charge is -2.04. The van der Waals surface area contributed by atoms with Crippen LogP contribution >= 0.6 is 11.6 Å². The van der Waals surface area contributed by atoms with Crippen LogP contribution in [0.2, 0.25) is 5.02 Å². The smallest absolute Gasteiger partial charge is 0.248 e. The number of carbonyl (C=O) groups is 1. The van der Waals surface area contributed by atoms with Gasteiger partial charge >= 0.3 is 0 Å². The summed E-state index contributed by atoms with van der Waals surface area (Å²) in [6.07, 6.45) is 3.20. The molecule has 0 aromatic heterocycles. The van der Waals surface area contributed by atoms with Crippen LogP contribution in [0.1, 0.15) is 11.1 Å². The fourth-order valence-corrected chi connectivity index (χ4v) is 1.95. The summed E-state index contributed by atoms with van der Waals surface area (Å²) in [5.41, 5.74) is 2.54. The molecule has 0 unspecified atom stereocenters. The Labute approximate surface area is 129 Å². The van der Waals surface area contributed by atoms with Crippen LogP contribution in [0.15, 0.2) is 48.5 Å². The molecule has 0 aliphatic rings. The van der Waals surface area contributed by atoms with Crippen LogP contribution in [0.5, 0.6) is 5.75 Å². The van der Waals surface area contributed by atoms with Gasteiger partial charge in [0.2, 0.25) is 5.91 Å². The summed E-state index contributed by atoms with van der Waals surface area (Å²) in [4.78, 5) is 11.9. The number of aryl methyl sites for hydroxylation is 1. The highest BCUT2D eigenvalue weighted by atomic mass is 35.5. The average molecular weight is 302 g/mol. The lowest BCUT2D eigenvalue weighted by Crippen LogP contribution is -2.07. The number of hydrogen-bond donors (Lipinski definition) is 1. The summed E-state index contributed by atoms with van der Waals surface area (Å²) in [5, 5.41) is 3.40. The molecule has 0 aliphatic carbocycles. The quantitative estimate of drug-likeness (QED) is 0.855. The lowest BCUT2D eigenvalue weighted by atomic mass is 10.2. The standard InChI is InChI=1S/C17H16ClNO2/c1-12-6-8-14(11-16(12)18)19-17(20)9-7-13-4-3-5-15(10-13)21-2/h3-11H,1-2H3,(H,19,20). The van der Waals surface area contributed by atoms with Crippen LogP contribution in [0.25, 0.3) is 6.08 Å². The molecule has 108 valence electrons. The molecule has 0 fully saturated rings. The van der Waals surface area contributed by atoms with Crippen LogP contribution < -0.4 is 10.1 Å². The summed E-state index contributed by atoms with van der Waals surface area (Å²) in [6.45, 7) is 1.91. The van der Waals surface area contributed by atoms with Crippen LogP contribution in [0.3, 0.4) is 0 Å². The van der Waals surface area contributed by atoms with E-state index >= 15 is 0 Å². The zero-order valence-electron chi connectivity index (χ0n) is 11.9. The minimum Gasteiger partial charge on any atom is -0.497 e. The molecule has 1 amide bonds. The van der Waals surface area contributed by atoms with Crippen molar-refractivity contribution in [2.45, 2.75) is 6.92 Å². The fourth-order valence-electron chi connectivity index (χ4n) is 1.77. The van der Waals surface area contributed by atoms with E-state index in [9.17, 15) is 4.79 Å². The van der Waals surface area contributed by atoms with Crippen LogP contribution in [0, 0.1) is 6.92 Å². The molecule has 2 rings (SSSR count). The Morgan fingerprint density at radius 2 is 2.05 bits per heavy atom. The van der Waals surface area contributed by atoms with Gasteiger partial charge in [-0.15, -0.1) is 0 Å². The van der Waals surface area contributed by atoms with E-state index in [0.29, 0.717) is 10.7 Å². The SMILES string of the molecule is COc1cccc(C=CC(=O)Nc2ccc(C)c(Cl)c2)c1. The topological polar surface area (TPSA) is 38.3 Å². The fraction of sp³-hybridized carbons (Fsp3) is 0.118. The molecule has 4 heteroatoms. The number of ether oxygens (including phenoxy) is 1. The van der Waals surface area contributed by atoms with Gasteiger partial charge < -0.3 is 10.1 Å². The molecular weight excluding hydrogens is 286 g/mol. The van der Waals surface area contributed by atoms with Crippen LogP contribution in [-0.2, 0) is 4.79 Å². The first kappa shape index (κ1) is 15.1. The Morgan fingerprint density at radius 3 is 2.76 bits per heavy atom. The molecule has 0 saturated carbocycles. The highest BCUT2D eigenvalue weighted by Gasteiger charge is 2.01. The number of benzene rings is 2. The van der Waals surface area contributed by atoms with Gasteiger partial charge in [0.15, 0.2) is 0 Å². The van der Waals surface area contributed by atoms with Gasteiger partial charge in [0.25, 0.3) is 0 Å². The number of anilines is 1. The van der Waals surface area contributed by atoms with Crippen molar-refractivity contribution in [1.82, 2.24) is 0 Å². The van der Waals surface area contributed by atoms with E-state index in [-0.39, 0.29) is 5.91 Å². The maximum atomic E-state index is 11.9. The number of rotatable bonds is 4. The summed E-state index contributed by atoms with van der Waals surface area (Å²) >= 11 is 6.02. The minimum absolute atomic E-state index is 0.210. The third kappa shape index (κ3) is 4.36. The van der Waals surface area contributed by atoms with Crippen molar-refractivity contribution >= 4 is 29.3 Å². The molecule has 0 aliphatic heterocycles. The number of amides is 1. The molecule has 2 aromatic carbocycles. The van der Waals surface area contributed by atoms with Crippen molar-refractivity contribution in [2.75, 3.05) is 12.4 Å². The van der Waals surface area contributed by atoms with Crippen molar-refractivity contribution in [1.29, 1.82) is 0 Å². The molecule has 0 heterocycles. The first-order valence-electron chi connectivity index (χ1n) is 6.48. The number of nitrogens with one attached hydrogen (secondary N) is 1. The largest absolute Gasteiger partial charge is 0.497 e. The van der Waals surface area contributed by atoms with Crippen molar-refractivity contribution < 1.29 is 9.53 Å². The second-order valence-electron chi connectivity index (χ2n) is 4.56. The Bertz CT molecular complexity index is 680. The second-order valence-corrected chi connectivity index (χ2v) is 4.97.